The van der Waals surface area contributed by atoms with Gasteiger partial charge in [-0.3, -0.25) is 0 Å². The number of pyridine rings is 1. The molecule has 20 heavy (non-hydrogen) atoms. The van der Waals surface area contributed by atoms with Gasteiger partial charge in [-0.25, -0.2) is 4.98 Å². The highest BCUT2D eigenvalue weighted by Gasteiger charge is 2.03. The van der Waals surface area contributed by atoms with Crippen molar-refractivity contribution >= 4 is 23.2 Å². The summed E-state index contributed by atoms with van der Waals surface area (Å²) < 4.78 is 20.8. The van der Waals surface area contributed by atoms with Gasteiger partial charge >= 0.3 is 0 Å². The predicted octanol–water partition coefficient (Wildman–Crippen LogP) is 2.58. The molecule has 1 heterocycles. The molecule has 0 radical (unpaired) electrons. The predicted molar refractivity (Wildman–Crippen MR) is 77.4 cm³/mol. The van der Waals surface area contributed by atoms with Crippen molar-refractivity contribution < 1.29 is 18.9 Å². The van der Waals surface area contributed by atoms with E-state index in [9.17, 15) is 0 Å². The summed E-state index contributed by atoms with van der Waals surface area (Å²) in [5.74, 6) is 0. The Morgan fingerprint density at radius 2 is 1.50 bits per heavy atom. The maximum absolute atomic E-state index is 5.96. The average Bonchev–Trinajstić information content (AvgIpc) is 2.44. The van der Waals surface area contributed by atoms with Crippen LogP contribution < -0.4 is 0 Å². The first kappa shape index (κ1) is 17.6. The first-order valence-electron chi connectivity index (χ1n) is 6.27. The van der Waals surface area contributed by atoms with Crippen molar-refractivity contribution in [2.24, 2.45) is 0 Å². The van der Waals surface area contributed by atoms with E-state index in [1.807, 2.05) is 0 Å². The van der Waals surface area contributed by atoms with Crippen LogP contribution in [0.3, 0.4) is 0 Å². The lowest BCUT2D eigenvalue weighted by Gasteiger charge is -2.07. The number of hydrogen-bond acceptors (Lipinski definition) is 5. The third-order valence-corrected chi connectivity index (χ3v) is 2.85. The Kier molecular flexibility index (Phi) is 9.92. The Bertz CT molecular complexity index is 379. The molecule has 5 nitrogen and oxygen atoms in total. The Morgan fingerprint density at radius 1 is 0.900 bits per heavy atom. The molecule has 0 aliphatic rings. The van der Waals surface area contributed by atoms with Gasteiger partial charge in [0.2, 0.25) is 0 Å². The van der Waals surface area contributed by atoms with E-state index in [0.717, 1.165) is 0 Å². The molecule has 0 bridgehead atoms. The molecule has 0 amide bonds. The zero-order chi connectivity index (χ0) is 14.6. The second-order valence-corrected chi connectivity index (χ2v) is 4.63. The van der Waals surface area contributed by atoms with E-state index in [1.54, 1.807) is 19.2 Å². The minimum atomic E-state index is 0.313. The maximum atomic E-state index is 5.96. The molecule has 0 unspecified atom stereocenters. The van der Waals surface area contributed by atoms with Gasteiger partial charge in [0.15, 0.2) is 0 Å². The highest BCUT2D eigenvalue weighted by Crippen LogP contribution is 2.17. The highest BCUT2D eigenvalue weighted by atomic mass is 35.5. The first-order valence-corrected chi connectivity index (χ1v) is 7.02. The van der Waals surface area contributed by atoms with Crippen LogP contribution in [0.2, 0.25) is 10.2 Å². The Hall–Kier alpha value is -0.430. The van der Waals surface area contributed by atoms with Crippen LogP contribution in [0.25, 0.3) is 0 Å². The fraction of sp³-hybridized carbons (Fsp3) is 0.615. The summed E-state index contributed by atoms with van der Waals surface area (Å²) in [6.45, 7) is 3.52. The van der Waals surface area contributed by atoms with Crippen molar-refractivity contribution in [3.8, 4) is 0 Å². The molecular weight excluding hydrogens is 305 g/mol. The number of rotatable bonds is 11. The van der Waals surface area contributed by atoms with Crippen LogP contribution in [-0.4, -0.2) is 51.7 Å². The van der Waals surface area contributed by atoms with Crippen LogP contribution in [0, 0.1) is 0 Å². The summed E-state index contributed by atoms with van der Waals surface area (Å²) in [5.41, 5.74) is 0.627. The van der Waals surface area contributed by atoms with E-state index >= 15 is 0 Å². The molecule has 0 saturated heterocycles. The van der Waals surface area contributed by atoms with E-state index in [2.05, 4.69) is 4.98 Å². The molecule has 0 fully saturated rings. The van der Waals surface area contributed by atoms with Crippen molar-refractivity contribution in [1.29, 1.82) is 0 Å². The van der Waals surface area contributed by atoms with Crippen LogP contribution >= 0.6 is 23.2 Å². The quantitative estimate of drug-likeness (QED) is 0.462. The van der Waals surface area contributed by atoms with Gasteiger partial charge < -0.3 is 18.9 Å². The van der Waals surface area contributed by atoms with Crippen LogP contribution in [0.15, 0.2) is 12.1 Å². The van der Waals surface area contributed by atoms with Crippen molar-refractivity contribution in [2.45, 2.75) is 6.61 Å². The van der Waals surface area contributed by atoms with E-state index in [0.29, 0.717) is 62.1 Å². The van der Waals surface area contributed by atoms with Gasteiger partial charge in [-0.2, -0.15) is 0 Å². The van der Waals surface area contributed by atoms with E-state index in [-0.39, 0.29) is 0 Å². The Morgan fingerprint density at radius 3 is 2.15 bits per heavy atom. The van der Waals surface area contributed by atoms with E-state index in [4.69, 9.17) is 42.1 Å². The largest absolute Gasteiger partial charge is 0.382 e. The van der Waals surface area contributed by atoms with Crippen LogP contribution in [0.4, 0.5) is 0 Å². The number of halogens is 2. The standard InChI is InChI=1S/C13H19Cl2NO4/c1-17-4-5-18-6-7-19-8-9-20-10-12-11(14)2-3-13(15)16-12/h2-3H,4-10H2,1H3. The second kappa shape index (κ2) is 11.3. The lowest BCUT2D eigenvalue weighted by molar-refractivity contribution is 0.000480. The molecule has 0 aliphatic carbocycles. The third-order valence-electron chi connectivity index (χ3n) is 2.30. The average molecular weight is 324 g/mol. The van der Waals surface area contributed by atoms with Crippen molar-refractivity contribution in [1.82, 2.24) is 4.98 Å². The maximum Gasteiger partial charge on any atom is 0.129 e. The molecule has 114 valence electrons. The summed E-state index contributed by atoms with van der Waals surface area (Å²) in [5, 5.41) is 0.944. The molecule has 0 N–H and O–H groups in total. The SMILES string of the molecule is COCCOCCOCCOCc1nc(Cl)ccc1Cl. The molecule has 1 rings (SSSR count). The van der Waals surface area contributed by atoms with Gasteiger partial charge in [-0.05, 0) is 12.1 Å². The number of hydrogen-bond donors (Lipinski definition) is 0. The highest BCUT2D eigenvalue weighted by molar-refractivity contribution is 6.32. The van der Waals surface area contributed by atoms with Crippen molar-refractivity contribution in [2.75, 3.05) is 46.8 Å². The molecular formula is C13H19Cl2NO4. The minimum absolute atomic E-state index is 0.313. The van der Waals surface area contributed by atoms with Crippen molar-refractivity contribution in [3.05, 3.63) is 28.0 Å². The summed E-state index contributed by atoms with van der Waals surface area (Å²) in [4.78, 5) is 4.08. The minimum Gasteiger partial charge on any atom is -0.382 e. The molecule has 0 atom stereocenters. The molecule has 0 saturated carbocycles. The molecule has 0 aliphatic heterocycles. The van der Waals surface area contributed by atoms with Gasteiger partial charge in [-0.1, -0.05) is 23.2 Å². The van der Waals surface area contributed by atoms with Gasteiger partial charge in [0, 0.05) is 7.11 Å². The van der Waals surface area contributed by atoms with Gasteiger partial charge in [0.25, 0.3) is 0 Å². The normalized spacial score (nSPS) is 10.9. The molecule has 7 heteroatoms. The topological polar surface area (TPSA) is 49.8 Å². The fourth-order valence-corrected chi connectivity index (χ4v) is 1.63. The summed E-state index contributed by atoms with van der Waals surface area (Å²) in [7, 11) is 1.64. The van der Waals surface area contributed by atoms with Gasteiger partial charge in [0.05, 0.1) is 57.0 Å². The van der Waals surface area contributed by atoms with Crippen LogP contribution in [-0.2, 0) is 25.6 Å². The fourth-order valence-electron chi connectivity index (χ4n) is 1.31. The smallest absolute Gasteiger partial charge is 0.129 e. The third kappa shape index (κ3) is 7.99. The molecule has 0 aromatic carbocycles. The summed E-state index contributed by atoms with van der Waals surface area (Å²) >= 11 is 11.7. The Balaban J connectivity index is 1.98. The van der Waals surface area contributed by atoms with Crippen LogP contribution in [0.5, 0.6) is 0 Å². The lowest BCUT2D eigenvalue weighted by Crippen LogP contribution is -2.11. The number of methoxy groups -OCH3 is 1. The number of nitrogens with zero attached hydrogens (tertiary/aromatic N) is 1. The summed E-state index contributed by atoms with van der Waals surface area (Å²) in [6.07, 6.45) is 0. The van der Waals surface area contributed by atoms with E-state index < -0.39 is 0 Å². The summed E-state index contributed by atoms with van der Waals surface area (Å²) in [6, 6.07) is 3.34. The molecule has 1 aromatic heterocycles. The number of ether oxygens (including phenoxy) is 4. The molecule has 0 spiro atoms. The Labute approximate surface area is 129 Å². The van der Waals surface area contributed by atoms with E-state index in [1.165, 1.54) is 0 Å². The second-order valence-electron chi connectivity index (χ2n) is 3.83. The van der Waals surface area contributed by atoms with Gasteiger partial charge in [-0.15, -0.1) is 0 Å². The zero-order valence-corrected chi connectivity index (χ0v) is 13.0. The van der Waals surface area contributed by atoms with Crippen molar-refractivity contribution in [3.63, 3.8) is 0 Å². The lowest BCUT2D eigenvalue weighted by atomic mass is 10.4. The van der Waals surface area contributed by atoms with Crippen LogP contribution in [0.1, 0.15) is 5.69 Å². The zero-order valence-electron chi connectivity index (χ0n) is 11.4. The van der Waals surface area contributed by atoms with Gasteiger partial charge in [0.1, 0.15) is 5.15 Å². The monoisotopic (exact) mass is 323 g/mol. The molecule has 1 aromatic rings. The first-order chi connectivity index (χ1) is 9.74. The number of aromatic nitrogens is 1.